The van der Waals surface area contributed by atoms with Gasteiger partial charge in [-0.15, -0.1) is 0 Å². The first-order chi connectivity index (χ1) is 9.23. The number of sulfonamides is 1. The maximum absolute atomic E-state index is 12.6. The number of aryl methyl sites for hydroxylation is 3. The van der Waals surface area contributed by atoms with Gasteiger partial charge in [0.05, 0.1) is 5.69 Å². The second-order valence-electron chi connectivity index (χ2n) is 4.69. The van der Waals surface area contributed by atoms with Gasteiger partial charge in [0.25, 0.3) is 10.0 Å². The maximum atomic E-state index is 12.6. The first-order valence-electron chi connectivity index (χ1n) is 5.99. The number of nitrogens with zero attached hydrogens (tertiary/aromatic N) is 1. The molecule has 0 unspecified atom stereocenters. The van der Waals surface area contributed by atoms with Gasteiger partial charge in [0.15, 0.2) is 4.21 Å². The van der Waals surface area contributed by atoms with E-state index < -0.39 is 10.0 Å². The van der Waals surface area contributed by atoms with Gasteiger partial charge in [-0.25, -0.2) is 8.42 Å². The lowest BCUT2D eigenvalue weighted by Crippen LogP contribution is -2.27. The Hall–Kier alpha value is -1.60. The molecule has 2 rings (SSSR count). The number of aromatic nitrogens is 1. The molecule has 1 heterocycles. The number of thiazole rings is 1. The van der Waals surface area contributed by atoms with Crippen molar-refractivity contribution >= 4 is 27.0 Å². The highest BCUT2D eigenvalue weighted by atomic mass is 32.2. The van der Waals surface area contributed by atoms with E-state index in [1.807, 2.05) is 26.0 Å². The molecule has 1 aromatic heterocycles. The molecule has 1 N–H and O–H groups in total. The van der Waals surface area contributed by atoms with Gasteiger partial charge in [-0.3, -0.25) is 9.10 Å². The van der Waals surface area contributed by atoms with E-state index in [0.717, 1.165) is 11.1 Å². The number of aromatic amines is 1. The molecule has 108 valence electrons. The van der Waals surface area contributed by atoms with Gasteiger partial charge in [0, 0.05) is 12.7 Å². The molecular weight excluding hydrogens is 296 g/mol. The lowest BCUT2D eigenvalue weighted by molar-refractivity contribution is 0.595. The van der Waals surface area contributed by atoms with Gasteiger partial charge in [-0.05, 0) is 32.4 Å². The van der Waals surface area contributed by atoms with Gasteiger partial charge in [-0.1, -0.05) is 29.0 Å². The zero-order valence-electron chi connectivity index (χ0n) is 11.7. The standard InChI is InChI=1S/C13H16N2O3S2/c1-8-5-6-11(9(2)7-8)15(4)20(17,18)12-10(3)14-13(16)19-12/h5-7H,1-4H3,(H,14,16). The molecule has 0 aliphatic heterocycles. The van der Waals surface area contributed by atoms with E-state index in [9.17, 15) is 13.2 Å². The van der Waals surface area contributed by atoms with Crippen LogP contribution >= 0.6 is 11.3 Å². The quantitative estimate of drug-likeness (QED) is 0.944. The summed E-state index contributed by atoms with van der Waals surface area (Å²) < 4.78 is 26.4. The van der Waals surface area contributed by atoms with Crippen LogP contribution in [0.3, 0.4) is 0 Å². The van der Waals surface area contributed by atoms with Gasteiger partial charge < -0.3 is 4.98 Å². The number of rotatable bonds is 3. The van der Waals surface area contributed by atoms with Gasteiger partial charge in [0.2, 0.25) is 0 Å². The summed E-state index contributed by atoms with van der Waals surface area (Å²) in [5, 5.41) is 0. The molecule has 0 spiro atoms. The second kappa shape index (κ2) is 5.06. The van der Waals surface area contributed by atoms with Crippen LogP contribution in [0.4, 0.5) is 5.69 Å². The third kappa shape index (κ3) is 2.51. The monoisotopic (exact) mass is 312 g/mol. The predicted octanol–water partition coefficient (Wildman–Crippen LogP) is 2.19. The first kappa shape index (κ1) is 14.8. The van der Waals surface area contributed by atoms with Crippen LogP contribution in [-0.4, -0.2) is 20.4 Å². The number of hydrogen-bond acceptors (Lipinski definition) is 4. The molecule has 20 heavy (non-hydrogen) atoms. The fourth-order valence-corrected chi connectivity index (χ4v) is 4.76. The van der Waals surface area contributed by atoms with E-state index in [1.54, 1.807) is 13.0 Å². The van der Waals surface area contributed by atoms with E-state index in [-0.39, 0.29) is 9.08 Å². The summed E-state index contributed by atoms with van der Waals surface area (Å²) in [6.07, 6.45) is 0. The number of anilines is 1. The lowest BCUT2D eigenvalue weighted by atomic mass is 10.1. The molecule has 0 aliphatic rings. The zero-order chi connectivity index (χ0) is 15.1. The first-order valence-corrected chi connectivity index (χ1v) is 8.25. The van der Waals surface area contributed by atoms with Gasteiger partial charge in [-0.2, -0.15) is 0 Å². The van der Waals surface area contributed by atoms with Crippen LogP contribution in [-0.2, 0) is 10.0 Å². The van der Waals surface area contributed by atoms with Crippen molar-refractivity contribution < 1.29 is 8.42 Å². The fourth-order valence-electron chi connectivity index (χ4n) is 2.05. The van der Waals surface area contributed by atoms with Crippen LogP contribution in [0.1, 0.15) is 16.8 Å². The van der Waals surface area contributed by atoms with E-state index in [0.29, 0.717) is 22.7 Å². The van der Waals surface area contributed by atoms with Crippen LogP contribution in [0.25, 0.3) is 0 Å². The minimum Gasteiger partial charge on any atom is -0.315 e. The van der Waals surface area contributed by atoms with Gasteiger partial charge in [0.1, 0.15) is 0 Å². The Labute approximate surface area is 121 Å². The Morgan fingerprint density at radius 3 is 2.35 bits per heavy atom. The summed E-state index contributed by atoms with van der Waals surface area (Å²) in [5.41, 5.74) is 2.92. The Bertz CT molecular complexity index is 803. The minimum absolute atomic E-state index is 0.0602. The van der Waals surface area contributed by atoms with Gasteiger partial charge >= 0.3 is 4.87 Å². The summed E-state index contributed by atoms with van der Waals surface area (Å²) in [5.74, 6) is 0. The minimum atomic E-state index is -3.72. The van der Waals surface area contributed by atoms with Crippen molar-refractivity contribution in [2.45, 2.75) is 25.0 Å². The summed E-state index contributed by atoms with van der Waals surface area (Å²) in [6, 6.07) is 5.56. The molecule has 5 nitrogen and oxygen atoms in total. The average molecular weight is 312 g/mol. The largest absolute Gasteiger partial charge is 0.315 e. The Morgan fingerprint density at radius 2 is 1.85 bits per heavy atom. The molecule has 7 heteroatoms. The number of hydrogen-bond donors (Lipinski definition) is 1. The summed E-state index contributed by atoms with van der Waals surface area (Å²) in [4.78, 5) is 13.4. The third-order valence-corrected chi connectivity index (χ3v) is 6.42. The maximum Gasteiger partial charge on any atom is 0.306 e. The van der Waals surface area contributed by atoms with Crippen molar-refractivity contribution in [3.63, 3.8) is 0 Å². The molecule has 0 radical (unpaired) electrons. The van der Waals surface area contributed by atoms with E-state index >= 15 is 0 Å². The van der Waals surface area contributed by atoms with Crippen molar-refractivity contribution in [1.82, 2.24) is 4.98 Å². The van der Waals surface area contributed by atoms with Crippen molar-refractivity contribution in [1.29, 1.82) is 0 Å². The highest BCUT2D eigenvalue weighted by molar-refractivity contribution is 7.94. The highest BCUT2D eigenvalue weighted by Crippen LogP contribution is 2.28. The molecule has 0 aliphatic carbocycles. The smallest absolute Gasteiger partial charge is 0.306 e. The topological polar surface area (TPSA) is 70.2 Å². The molecule has 1 aromatic carbocycles. The summed E-state index contributed by atoms with van der Waals surface area (Å²) in [7, 11) is -2.22. The molecule has 0 bridgehead atoms. The highest BCUT2D eigenvalue weighted by Gasteiger charge is 2.26. The van der Waals surface area contributed by atoms with Crippen LogP contribution in [0, 0.1) is 20.8 Å². The number of nitrogens with one attached hydrogen (secondary N) is 1. The van der Waals surface area contributed by atoms with Crippen LogP contribution < -0.4 is 9.18 Å². The van der Waals surface area contributed by atoms with Crippen LogP contribution in [0.5, 0.6) is 0 Å². The third-order valence-electron chi connectivity index (χ3n) is 3.07. The summed E-state index contributed by atoms with van der Waals surface area (Å²) >= 11 is 0.713. The zero-order valence-corrected chi connectivity index (χ0v) is 13.4. The van der Waals surface area contributed by atoms with Crippen molar-refractivity contribution in [3.05, 3.63) is 44.7 Å². The molecule has 0 fully saturated rings. The van der Waals surface area contributed by atoms with Crippen molar-refractivity contribution in [2.24, 2.45) is 0 Å². The normalized spacial score (nSPS) is 11.6. The molecule has 2 aromatic rings. The second-order valence-corrected chi connectivity index (χ2v) is 7.84. The number of H-pyrrole nitrogens is 1. The number of benzene rings is 1. The Balaban J connectivity index is 2.54. The molecular formula is C13H16N2O3S2. The van der Waals surface area contributed by atoms with Crippen LogP contribution in [0.15, 0.2) is 27.2 Å². The predicted molar refractivity (Wildman–Crippen MR) is 81.2 cm³/mol. The molecule has 0 saturated carbocycles. The lowest BCUT2D eigenvalue weighted by Gasteiger charge is -2.21. The van der Waals surface area contributed by atoms with Crippen molar-refractivity contribution in [2.75, 3.05) is 11.4 Å². The van der Waals surface area contributed by atoms with E-state index in [4.69, 9.17) is 0 Å². The molecule has 0 amide bonds. The van der Waals surface area contributed by atoms with E-state index in [2.05, 4.69) is 4.98 Å². The fraction of sp³-hybridized carbons (Fsp3) is 0.308. The van der Waals surface area contributed by atoms with Crippen LogP contribution in [0.2, 0.25) is 0 Å². The molecule has 0 atom stereocenters. The SMILES string of the molecule is Cc1ccc(N(C)S(=O)(=O)c2sc(=O)[nH]c2C)c(C)c1. The summed E-state index contributed by atoms with van der Waals surface area (Å²) in [6.45, 7) is 5.40. The molecule has 0 saturated heterocycles. The Morgan fingerprint density at radius 1 is 1.20 bits per heavy atom. The van der Waals surface area contributed by atoms with Crippen molar-refractivity contribution in [3.8, 4) is 0 Å². The Kier molecular flexibility index (Phi) is 3.75. The average Bonchev–Trinajstić information content (AvgIpc) is 2.68. The van der Waals surface area contributed by atoms with E-state index in [1.165, 1.54) is 11.4 Å².